The SMILES string of the molecule is CCN(CC[N+](C)(C)C)c1ccc(N=Nc2ccc([N+](=O)[O-])cc2Cl)cc1.O=S(=O)([O-])O. The van der Waals surface area contributed by atoms with Crippen LogP contribution in [0.4, 0.5) is 22.7 Å². The van der Waals surface area contributed by atoms with Crippen molar-refractivity contribution < 1.29 is 26.9 Å². The molecule has 1 N–H and O–H groups in total. The van der Waals surface area contributed by atoms with Crippen molar-refractivity contribution in [2.24, 2.45) is 10.2 Å². The summed E-state index contributed by atoms with van der Waals surface area (Å²) in [4.78, 5) is 12.6. The molecule has 0 radical (unpaired) electrons. The van der Waals surface area contributed by atoms with E-state index in [1.165, 1.54) is 18.2 Å². The molecule has 0 heterocycles. The van der Waals surface area contributed by atoms with Gasteiger partial charge in [-0.15, -0.1) is 5.11 Å². The van der Waals surface area contributed by atoms with Gasteiger partial charge >= 0.3 is 0 Å². The molecule has 0 amide bonds. The smallest absolute Gasteiger partial charge is 0.271 e. The zero-order chi connectivity index (χ0) is 24.5. The summed E-state index contributed by atoms with van der Waals surface area (Å²) in [5.74, 6) is 0. The van der Waals surface area contributed by atoms with Crippen molar-refractivity contribution >= 4 is 44.7 Å². The summed E-state index contributed by atoms with van der Waals surface area (Å²) in [6.07, 6.45) is 0. The van der Waals surface area contributed by atoms with Crippen LogP contribution in [0.1, 0.15) is 6.92 Å². The summed E-state index contributed by atoms with van der Waals surface area (Å²) in [6, 6.07) is 11.9. The minimum atomic E-state index is -4.92. The summed E-state index contributed by atoms with van der Waals surface area (Å²) in [5.41, 5.74) is 2.15. The number of non-ortho nitro benzene ring substituents is 1. The predicted molar refractivity (Wildman–Crippen MR) is 122 cm³/mol. The topological polar surface area (TPSA) is 149 Å². The Bertz CT molecular complexity index is 1030. The van der Waals surface area contributed by atoms with Crippen LogP contribution in [0, 0.1) is 10.1 Å². The fraction of sp³-hybridized carbons (Fsp3) is 0.368. The Kier molecular flexibility index (Phi) is 10.1. The molecule has 0 atom stereocenters. The summed E-state index contributed by atoms with van der Waals surface area (Å²) in [7, 11) is 1.63. The highest BCUT2D eigenvalue weighted by Crippen LogP contribution is 2.30. The van der Waals surface area contributed by atoms with Gasteiger partial charge in [-0.25, -0.2) is 8.42 Å². The first-order valence-corrected chi connectivity index (χ1v) is 11.1. The number of anilines is 1. The highest BCUT2D eigenvalue weighted by atomic mass is 35.5. The lowest BCUT2D eigenvalue weighted by Crippen LogP contribution is -2.42. The third-order valence-corrected chi connectivity index (χ3v) is 4.36. The Morgan fingerprint density at radius 3 is 2.12 bits per heavy atom. The molecule has 32 heavy (non-hydrogen) atoms. The predicted octanol–water partition coefficient (Wildman–Crippen LogP) is 4.20. The molecule has 2 rings (SSSR count). The Morgan fingerprint density at radius 1 is 1.12 bits per heavy atom. The molecule has 2 aromatic rings. The number of benzene rings is 2. The highest BCUT2D eigenvalue weighted by molar-refractivity contribution is 7.79. The van der Waals surface area contributed by atoms with E-state index in [9.17, 15) is 10.1 Å². The Hall–Kier alpha value is -2.64. The number of hydrogen-bond acceptors (Lipinski definition) is 8. The molecule has 0 saturated heterocycles. The molecule has 0 aromatic heterocycles. The van der Waals surface area contributed by atoms with Crippen LogP contribution < -0.4 is 4.90 Å². The van der Waals surface area contributed by atoms with E-state index >= 15 is 0 Å². The molecule has 0 unspecified atom stereocenters. The van der Waals surface area contributed by atoms with Crippen LogP contribution in [0.2, 0.25) is 5.02 Å². The first-order chi connectivity index (χ1) is 14.7. The maximum atomic E-state index is 10.7. The van der Waals surface area contributed by atoms with Crippen LogP contribution in [0.5, 0.6) is 0 Å². The molecule has 0 spiro atoms. The van der Waals surface area contributed by atoms with E-state index in [2.05, 4.69) is 43.2 Å². The van der Waals surface area contributed by atoms with Gasteiger partial charge in [0.1, 0.15) is 5.69 Å². The quantitative estimate of drug-likeness (QED) is 0.146. The minimum Gasteiger partial charge on any atom is -0.726 e. The lowest BCUT2D eigenvalue weighted by Gasteiger charge is -2.29. The maximum absolute atomic E-state index is 10.7. The maximum Gasteiger partial charge on any atom is 0.271 e. The van der Waals surface area contributed by atoms with E-state index in [-0.39, 0.29) is 10.7 Å². The van der Waals surface area contributed by atoms with Crippen molar-refractivity contribution in [3.05, 3.63) is 57.6 Å². The van der Waals surface area contributed by atoms with Crippen LogP contribution in [0.3, 0.4) is 0 Å². The Labute approximate surface area is 192 Å². The third-order valence-electron chi connectivity index (χ3n) is 4.05. The fourth-order valence-corrected chi connectivity index (χ4v) is 2.64. The number of rotatable bonds is 8. The number of nitrogens with zero attached hydrogens (tertiary/aromatic N) is 5. The van der Waals surface area contributed by atoms with Crippen LogP contribution in [0.25, 0.3) is 0 Å². The number of likely N-dealkylation sites (N-methyl/N-ethyl adjacent to an activating group) is 2. The van der Waals surface area contributed by atoms with E-state index in [4.69, 9.17) is 29.1 Å². The molecule has 0 bridgehead atoms. The fourth-order valence-electron chi connectivity index (χ4n) is 2.42. The van der Waals surface area contributed by atoms with Gasteiger partial charge in [-0.3, -0.25) is 14.7 Å². The largest absolute Gasteiger partial charge is 0.726 e. The van der Waals surface area contributed by atoms with Gasteiger partial charge < -0.3 is 13.9 Å². The molecule has 0 fully saturated rings. The summed E-state index contributed by atoms with van der Waals surface area (Å²) < 4.78 is 33.7. The molecular formula is C19H26ClN5O6S. The van der Waals surface area contributed by atoms with E-state index < -0.39 is 15.3 Å². The van der Waals surface area contributed by atoms with Gasteiger partial charge in [0.15, 0.2) is 0 Å². The number of azo groups is 1. The first kappa shape index (κ1) is 27.4. The van der Waals surface area contributed by atoms with Crippen molar-refractivity contribution in [2.45, 2.75) is 6.92 Å². The second-order valence-electron chi connectivity index (χ2n) is 7.63. The normalized spacial score (nSPS) is 11.7. The molecule has 0 aliphatic heterocycles. The molecule has 176 valence electrons. The monoisotopic (exact) mass is 487 g/mol. The van der Waals surface area contributed by atoms with Crippen molar-refractivity contribution in [3.8, 4) is 0 Å². The number of nitro groups is 1. The summed E-state index contributed by atoms with van der Waals surface area (Å²) >= 11 is 6.03. The zero-order valence-corrected chi connectivity index (χ0v) is 19.7. The first-order valence-electron chi connectivity index (χ1n) is 9.39. The Balaban J connectivity index is 0.000000920. The van der Waals surface area contributed by atoms with Gasteiger partial charge in [0.05, 0.1) is 49.9 Å². The van der Waals surface area contributed by atoms with Crippen molar-refractivity contribution in [2.75, 3.05) is 45.7 Å². The van der Waals surface area contributed by atoms with Crippen LogP contribution in [0.15, 0.2) is 52.7 Å². The van der Waals surface area contributed by atoms with Crippen LogP contribution >= 0.6 is 11.6 Å². The molecule has 13 heteroatoms. The van der Waals surface area contributed by atoms with Crippen molar-refractivity contribution in [1.29, 1.82) is 0 Å². The average molecular weight is 488 g/mol. The average Bonchev–Trinajstić information content (AvgIpc) is 2.66. The Morgan fingerprint density at radius 2 is 1.69 bits per heavy atom. The van der Waals surface area contributed by atoms with Crippen LogP contribution in [-0.4, -0.2) is 67.7 Å². The molecule has 0 saturated carbocycles. The lowest BCUT2D eigenvalue weighted by molar-refractivity contribution is -0.868. The second kappa shape index (κ2) is 11.8. The summed E-state index contributed by atoms with van der Waals surface area (Å²) in [5, 5.41) is 19.2. The minimum absolute atomic E-state index is 0.0724. The summed E-state index contributed by atoms with van der Waals surface area (Å²) in [6.45, 7) is 5.09. The van der Waals surface area contributed by atoms with Gasteiger partial charge in [-0.05, 0) is 37.3 Å². The number of nitro benzene ring substituents is 1. The standard InChI is InChI=1S/C19H25ClN5O2.H2O4S/c1-5-23(12-13-25(2,3)4)16-8-6-15(7-9-16)21-22-19-11-10-17(24(26)27)14-18(19)20;1-5(2,3)4/h6-11,14H,5,12-13H2,1-4H3;(H2,1,2,3,4)/q+1;/p-1. The van der Waals surface area contributed by atoms with E-state index in [1.54, 1.807) is 0 Å². The van der Waals surface area contributed by atoms with Gasteiger partial charge in [-0.2, -0.15) is 5.11 Å². The number of halogens is 1. The molecular weight excluding hydrogens is 462 g/mol. The number of hydrogen-bond donors (Lipinski definition) is 1. The van der Waals surface area contributed by atoms with Gasteiger partial charge in [0.2, 0.25) is 10.4 Å². The van der Waals surface area contributed by atoms with Gasteiger partial charge in [-0.1, -0.05) is 11.6 Å². The highest BCUT2D eigenvalue weighted by Gasteiger charge is 2.12. The van der Waals surface area contributed by atoms with Crippen LogP contribution in [-0.2, 0) is 10.4 Å². The molecule has 2 aromatic carbocycles. The van der Waals surface area contributed by atoms with Crippen molar-refractivity contribution in [3.63, 3.8) is 0 Å². The number of quaternary nitrogens is 1. The van der Waals surface area contributed by atoms with E-state index in [0.717, 1.165) is 29.8 Å². The zero-order valence-electron chi connectivity index (χ0n) is 18.2. The lowest BCUT2D eigenvalue weighted by atomic mass is 10.2. The molecule has 0 aliphatic carbocycles. The molecule has 11 nitrogen and oxygen atoms in total. The van der Waals surface area contributed by atoms with Crippen molar-refractivity contribution in [1.82, 2.24) is 0 Å². The third kappa shape index (κ3) is 11.1. The van der Waals surface area contributed by atoms with Gasteiger partial charge in [0.25, 0.3) is 5.69 Å². The van der Waals surface area contributed by atoms with E-state index in [0.29, 0.717) is 11.4 Å². The second-order valence-corrected chi connectivity index (χ2v) is 8.89. The van der Waals surface area contributed by atoms with E-state index in [1.807, 2.05) is 24.3 Å². The molecule has 0 aliphatic rings. The van der Waals surface area contributed by atoms with Gasteiger partial charge in [0, 0.05) is 24.4 Å².